The molecule has 0 aliphatic rings. The second-order valence-corrected chi connectivity index (χ2v) is 7.53. The summed E-state index contributed by atoms with van der Waals surface area (Å²) >= 11 is 7.64. The molecule has 0 saturated carbocycles. The molecule has 4 rings (SSSR count). The molecule has 1 N–H and O–H groups in total. The molecule has 2 heterocycles. The van der Waals surface area contributed by atoms with Crippen LogP contribution in [0.2, 0.25) is 5.02 Å². The molecule has 0 atom stereocenters. The third kappa shape index (κ3) is 4.22. The Kier molecular flexibility index (Phi) is 5.83. The molecule has 148 valence electrons. The summed E-state index contributed by atoms with van der Waals surface area (Å²) in [6.07, 6.45) is 4.45. The van der Waals surface area contributed by atoms with Gasteiger partial charge in [-0.25, -0.2) is 10.2 Å². The molecule has 0 bridgehead atoms. The zero-order chi connectivity index (χ0) is 20.9. The number of amides is 1. The molecule has 4 aromatic rings. The second kappa shape index (κ2) is 8.86. The molecular formula is C22H14ClN3O3S. The van der Waals surface area contributed by atoms with Crippen LogP contribution in [-0.2, 0) is 0 Å². The first-order chi connectivity index (χ1) is 14.6. The number of ether oxygens (including phenoxy) is 1. The largest absolute Gasteiger partial charge is 0.422 e. The van der Waals surface area contributed by atoms with Crippen molar-refractivity contribution in [3.8, 4) is 5.75 Å². The molecule has 0 saturated heterocycles. The van der Waals surface area contributed by atoms with Gasteiger partial charge in [-0.05, 0) is 30.3 Å². The van der Waals surface area contributed by atoms with Crippen LogP contribution in [0.25, 0.3) is 10.1 Å². The fraction of sp³-hybridized carbons (Fsp3) is 0. The van der Waals surface area contributed by atoms with Crippen LogP contribution in [0.1, 0.15) is 25.6 Å². The first kappa shape index (κ1) is 19.8. The summed E-state index contributed by atoms with van der Waals surface area (Å²) in [5.41, 5.74) is 3.39. The van der Waals surface area contributed by atoms with E-state index in [0.29, 0.717) is 26.8 Å². The second-order valence-electron chi connectivity index (χ2n) is 6.10. The number of carbonyl (C=O) groups excluding carboxylic acids is 2. The van der Waals surface area contributed by atoms with Gasteiger partial charge in [0.15, 0.2) is 0 Å². The van der Waals surface area contributed by atoms with Crippen molar-refractivity contribution < 1.29 is 14.3 Å². The summed E-state index contributed by atoms with van der Waals surface area (Å²) < 4.78 is 6.46. The number of fused-ring (bicyclic) bond motifs is 1. The number of nitrogens with one attached hydrogen (secondary N) is 1. The van der Waals surface area contributed by atoms with Crippen LogP contribution in [0.15, 0.2) is 78.2 Å². The maximum atomic E-state index is 12.7. The fourth-order valence-electron chi connectivity index (χ4n) is 2.70. The van der Waals surface area contributed by atoms with Crippen molar-refractivity contribution in [3.63, 3.8) is 0 Å². The topological polar surface area (TPSA) is 80.6 Å². The fourth-order valence-corrected chi connectivity index (χ4v) is 4.08. The van der Waals surface area contributed by atoms with Gasteiger partial charge < -0.3 is 4.74 Å². The average molecular weight is 436 g/mol. The van der Waals surface area contributed by atoms with Crippen LogP contribution < -0.4 is 10.2 Å². The number of pyridine rings is 1. The third-order valence-corrected chi connectivity index (χ3v) is 5.81. The van der Waals surface area contributed by atoms with E-state index < -0.39 is 5.97 Å². The number of para-hydroxylation sites is 1. The highest BCUT2D eigenvalue weighted by Crippen LogP contribution is 2.35. The van der Waals surface area contributed by atoms with Gasteiger partial charge in [0, 0.05) is 33.6 Å². The van der Waals surface area contributed by atoms with Crippen molar-refractivity contribution in [2.24, 2.45) is 5.10 Å². The summed E-state index contributed by atoms with van der Waals surface area (Å²) in [7, 11) is 0. The first-order valence-electron chi connectivity index (χ1n) is 8.85. The summed E-state index contributed by atoms with van der Waals surface area (Å²) in [5.74, 6) is -0.624. The number of thiophene rings is 1. The lowest BCUT2D eigenvalue weighted by Gasteiger charge is -2.06. The van der Waals surface area contributed by atoms with E-state index in [9.17, 15) is 9.59 Å². The number of rotatable bonds is 5. The molecule has 0 spiro atoms. The molecule has 0 aliphatic carbocycles. The number of hydrogen-bond acceptors (Lipinski definition) is 6. The number of benzene rings is 2. The van der Waals surface area contributed by atoms with E-state index in [-0.39, 0.29) is 5.91 Å². The Bertz CT molecular complexity index is 1250. The van der Waals surface area contributed by atoms with Crippen molar-refractivity contribution in [3.05, 3.63) is 94.1 Å². The monoisotopic (exact) mass is 435 g/mol. The number of aromatic nitrogens is 1. The highest BCUT2D eigenvalue weighted by atomic mass is 35.5. The molecule has 30 heavy (non-hydrogen) atoms. The summed E-state index contributed by atoms with van der Waals surface area (Å²) in [5, 5.41) is 5.13. The summed E-state index contributed by atoms with van der Waals surface area (Å²) in [4.78, 5) is 29.0. The minimum absolute atomic E-state index is 0.304. The minimum Gasteiger partial charge on any atom is -0.422 e. The normalized spacial score (nSPS) is 11.0. The molecule has 0 unspecified atom stereocenters. The van der Waals surface area contributed by atoms with Gasteiger partial charge in [0.1, 0.15) is 10.6 Å². The lowest BCUT2D eigenvalue weighted by Crippen LogP contribution is -2.17. The van der Waals surface area contributed by atoms with E-state index in [1.165, 1.54) is 29.9 Å². The number of hydrogen-bond donors (Lipinski definition) is 1. The smallest absolute Gasteiger partial charge is 0.355 e. The third-order valence-electron chi connectivity index (χ3n) is 4.15. The number of nitrogens with zero attached hydrogens (tertiary/aromatic N) is 2. The standard InChI is InChI=1S/C22H14ClN3O3S/c23-19-16-6-2-4-8-18(16)30-20(19)22(28)29-17-7-3-1-5-15(17)13-25-26-21(27)14-9-11-24-12-10-14/h1-13H,(H,26,27)/b25-13+. The van der Waals surface area contributed by atoms with Crippen molar-refractivity contribution in [1.82, 2.24) is 10.4 Å². The highest BCUT2D eigenvalue weighted by molar-refractivity contribution is 7.21. The minimum atomic E-state index is -0.553. The Morgan fingerprint density at radius 2 is 1.77 bits per heavy atom. The van der Waals surface area contributed by atoms with E-state index in [1.807, 2.05) is 24.3 Å². The number of hydrazone groups is 1. The predicted octanol–water partition coefficient (Wildman–Crippen LogP) is 4.93. The maximum absolute atomic E-state index is 12.7. The van der Waals surface area contributed by atoms with Gasteiger partial charge in [-0.1, -0.05) is 41.9 Å². The van der Waals surface area contributed by atoms with Gasteiger partial charge in [-0.2, -0.15) is 5.10 Å². The van der Waals surface area contributed by atoms with Gasteiger partial charge in [0.2, 0.25) is 0 Å². The maximum Gasteiger partial charge on any atom is 0.355 e. The van der Waals surface area contributed by atoms with Gasteiger partial charge in [0.25, 0.3) is 5.91 Å². The molecule has 2 aromatic heterocycles. The van der Waals surface area contributed by atoms with Crippen LogP contribution in [0.5, 0.6) is 5.75 Å². The molecule has 0 radical (unpaired) electrons. The number of esters is 1. The average Bonchev–Trinajstić information content (AvgIpc) is 3.12. The SMILES string of the molecule is O=C(N/N=C/c1ccccc1OC(=O)c1sc2ccccc2c1Cl)c1ccncc1. The molecule has 2 aromatic carbocycles. The highest BCUT2D eigenvalue weighted by Gasteiger charge is 2.19. The van der Waals surface area contributed by atoms with Crippen LogP contribution in [0.3, 0.4) is 0 Å². The molecule has 6 nitrogen and oxygen atoms in total. The van der Waals surface area contributed by atoms with E-state index >= 15 is 0 Å². The first-order valence-corrected chi connectivity index (χ1v) is 10.0. The Labute approximate surface area is 180 Å². The van der Waals surface area contributed by atoms with E-state index in [2.05, 4.69) is 15.5 Å². The number of halogens is 1. The van der Waals surface area contributed by atoms with E-state index in [1.54, 1.807) is 36.4 Å². The van der Waals surface area contributed by atoms with Gasteiger partial charge >= 0.3 is 5.97 Å². The van der Waals surface area contributed by atoms with Gasteiger partial charge in [0.05, 0.1) is 11.2 Å². The van der Waals surface area contributed by atoms with E-state index in [0.717, 1.165) is 10.1 Å². The van der Waals surface area contributed by atoms with E-state index in [4.69, 9.17) is 16.3 Å². The molecule has 8 heteroatoms. The van der Waals surface area contributed by atoms with Crippen LogP contribution in [-0.4, -0.2) is 23.1 Å². The van der Waals surface area contributed by atoms with Gasteiger partial charge in [-0.15, -0.1) is 11.3 Å². The van der Waals surface area contributed by atoms with Crippen LogP contribution in [0, 0.1) is 0 Å². The Hall–Kier alpha value is -3.55. The zero-order valence-electron chi connectivity index (χ0n) is 15.4. The molecule has 0 fully saturated rings. The number of carbonyl (C=O) groups is 2. The Morgan fingerprint density at radius 1 is 1.03 bits per heavy atom. The summed E-state index contributed by atoms with van der Waals surface area (Å²) in [6, 6.07) is 17.5. The lowest BCUT2D eigenvalue weighted by atomic mass is 10.2. The molecule has 1 amide bonds. The van der Waals surface area contributed by atoms with Crippen molar-refractivity contribution in [2.75, 3.05) is 0 Å². The van der Waals surface area contributed by atoms with Crippen molar-refractivity contribution >= 4 is 51.1 Å². The Morgan fingerprint density at radius 3 is 2.57 bits per heavy atom. The van der Waals surface area contributed by atoms with Crippen LogP contribution >= 0.6 is 22.9 Å². The van der Waals surface area contributed by atoms with Crippen LogP contribution in [0.4, 0.5) is 0 Å². The quantitative estimate of drug-likeness (QED) is 0.208. The zero-order valence-corrected chi connectivity index (χ0v) is 17.0. The van der Waals surface area contributed by atoms with Crippen molar-refractivity contribution in [1.29, 1.82) is 0 Å². The summed E-state index contributed by atoms with van der Waals surface area (Å²) in [6.45, 7) is 0. The molecule has 0 aliphatic heterocycles. The molecular weight excluding hydrogens is 422 g/mol. The lowest BCUT2D eigenvalue weighted by molar-refractivity contribution is 0.0739. The van der Waals surface area contributed by atoms with Gasteiger partial charge in [-0.3, -0.25) is 9.78 Å². The predicted molar refractivity (Wildman–Crippen MR) is 118 cm³/mol. The van der Waals surface area contributed by atoms with Crippen molar-refractivity contribution in [2.45, 2.75) is 0 Å². The Balaban J connectivity index is 1.51.